The molecule has 0 amide bonds. The molecule has 2 atom stereocenters. The SMILES string of the molecule is CO[C@@H]1CCCC[C@H]1Nc1nc(C)c([N+](=O)[O-])c(-n2ccnc2)n1. The Labute approximate surface area is 139 Å². The third kappa shape index (κ3) is 3.21. The average Bonchev–Trinajstić information content (AvgIpc) is 3.08. The third-order valence-corrected chi connectivity index (χ3v) is 4.29. The second kappa shape index (κ2) is 6.91. The van der Waals surface area contributed by atoms with E-state index in [4.69, 9.17) is 4.74 Å². The van der Waals surface area contributed by atoms with Gasteiger partial charge in [-0.2, -0.15) is 4.98 Å². The highest BCUT2D eigenvalue weighted by molar-refractivity contribution is 5.53. The van der Waals surface area contributed by atoms with E-state index in [1.807, 2.05) is 0 Å². The van der Waals surface area contributed by atoms with Gasteiger partial charge < -0.3 is 10.1 Å². The molecule has 0 spiro atoms. The first-order valence-electron chi connectivity index (χ1n) is 7.91. The van der Waals surface area contributed by atoms with Crippen molar-refractivity contribution in [1.29, 1.82) is 0 Å². The maximum atomic E-state index is 11.4. The summed E-state index contributed by atoms with van der Waals surface area (Å²) >= 11 is 0. The van der Waals surface area contributed by atoms with Crippen LogP contribution in [0.1, 0.15) is 31.4 Å². The molecule has 1 aliphatic carbocycles. The fourth-order valence-corrected chi connectivity index (χ4v) is 3.10. The van der Waals surface area contributed by atoms with Gasteiger partial charge >= 0.3 is 5.69 Å². The van der Waals surface area contributed by atoms with Gasteiger partial charge in [0.05, 0.1) is 17.1 Å². The van der Waals surface area contributed by atoms with Crippen LogP contribution >= 0.6 is 0 Å². The summed E-state index contributed by atoms with van der Waals surface area (Å²) in [6.07, 6.45) is 8.93. The van der Waals surface area contributed by atoms with E-state index in [-0.39, 0.29) is 23.7 Å². The molecular formula is C15H20N6O3. The molecule has 9 nitrogen and oxygen atoms in total. The summed E-state index contributed by atoms with van der Waals surface area (Å²) < 4.78 is 7.05. The first-order chi connectivity index (χ1) is 11.6. The molecule has 0 bridgehead atoms. The molecule has 0 unspecified atom stereocenters. The lowest BCUT2D eigenvalue weighted by Gasteiger charge is -2.31. The Kier molecular flexibility index (Phi) is 4.70. The lowest BCUT2D eigenvalue weighted by molar-refractivity contribution is -0.385. The number of aryl methyl sites for hydroxylation is 1. The highest BCUT2D eigenvalue weighted by Gasteiger charge is 2.28. The number of nitrogens with zero attached hydrogens (tertiary/aromatic N) is 5. The zero-order chi connectivity index (χ0) is 17.1. The number of hydrogen-bond acceptors (Lipinski definition) is 7. The fourth-order valence-electron chi connectivity index (χ4n) is 3.10. The predicted octanol–water partition coefficient (Wildman–Crippen LogP) is 2.25. The van der Waals surface area contributed by atoms with E-state index in [9.17, 15) is 10.1 Å². The van der Waals surface area contributed by atoms with Gasteiger partial charge in [0.25, 0.3) is 0 Å². The minimum atomic E-state index is -0.465. The molecule has 1 aliphatic rings. The third-order valence-electron chi connectivity index (χ3n) is 4.29. The highest BCUT2D eigenvalue weighted by Crippen LogP contribution is 2.27. The van der Waals surface area contributed by atoms with E-state index in [0.29, 0.717) is 11.6 Å². The molecule has 128 valence electrons. The van der Waals surface area contributed by atoms with Gasteiger partial charge in [0.1, 0.15) is 12.0 Å². The molecule has 2 aromatic heterocycles. The maximum absolute atomic E-state index is 11.4. The van der Waals surface area contributed by atoms with Gasteiger partial charge in [0.2, 0.25) is 11.8 Å². The topological polar surface area (TPSA) is 108 Å². The average molecular weight is 332 g/mol. The molecule has 1 fully saturated rings. The number of ether oxygens (including phenoxy) is 1. The summed E-state index contributed by atoms with van der Waals surface area (Å²) in [6.45, 7) is 1.61. The number of nitrogens with one attached hydrogen (secondary N) is 1. The van der Waals surface area contributed by atoms with Gasteiger partial charge in [-0.3, -0.25) is 14.7 Å². The Balaban J connectivity index is 1.96. The van der Waals surface area contributed by atoms with Crippen molar-refractivity contribution >= 4 is 11.6 Å². The molecule has 2 aromatic rings. The molecule has 0 aromatic carbocycles. The van der Waals surface area contributed by atoms with E-state index in [1.165, 1.54) is 10.9 Å². The Morgan fingerprint density at radius 2 is 2.17 bits per heavy atom. The number of anilines is 1. The number of rotatable bonds is 5. The second-order valence-electron chi connectivity index (χ2n) is 5.84. The Morgan fingerprint density at radius 1 is 1.38 bits per heavy atom. The summed E-state index contributed by atoms with van der Waals surface area (Å²) in [5.41, 5.74) is 0.191. The van der Waals surface area contributed by atoms with Crippen molar-refractivity contribution < 1.29 is 9.66 Å². The van der Waals surface area contributed by atoms with Crippen LogP contribution in [-0.4, -0.2) is 43.7 Å². The lowest BCUT2D eigenvalue weighted by atomic mass is 9.92. The van der Waals surface area contributed by atoms with Gasteiger partial charge in [-0.25, -0.2) is 9.97 Å². The standard InChI is InChI=1S/C15H20N6O3/c1-10-13(21(22)23)14(20-8-7-16-9-20)19-15(17-10)18-11-5-3-4-6-12(11)24-2/h7-9,11-12H,3-6H2,1-2H3,(H,17,18,19)/t11-,12-/m1/s1. The molecule has 0 radical (unpaired) electrons. The van der Waals surface area contributed by atoms with Crippen molar-refractivity contribution in [2.75, 3.05) is 12.4 Å². The summed E-state index contributed by atoms with van der Waals surface area (Å²) in [5, 5.41) is 14.7. The maximum Gasteiger partial charge on any atom is 0.333 e. The van der Waals surface area contributed by atoms with Crippen molar-refractivity contribution in [2.45, 2.75) is 44.8 Å². The fraction of sp³-hybridized carbons (Fsp3) is 0.533. The summed E-state index contributed by atoms with van der Waals surface area (Å²) in [5.74, 6) is 0.577. The van der Waals surface area contributed by atoms with E-state index in [2.05, 4.69) is 20.3 Å². The van der Waals surface area contributed by atoms with Crippen molar-refractivity contribution in [1.82, 2.24) is 19.5 Å². The largest absolute Gasteiger partial charge is 0.379 e. The molecule has 1 saturated carbocycles. The van der Waals surface area contributed by atoms with Gasteiger partial charge in [-0.1, -0.05) is 12.8 Å². The second-order valence-corrected chi connectivity index (χ2v) is 5.84. The highest BCUT2D eigenvalue weighted by atomic mass is 16.6. The Bertz CT molecular complexity index is 718. The smallest absolute Gasteiger partial charge is 0.333 e. The van der Waals surface area contributed by atoms with Crippen LogP contribution in [0.2, 0.25) is 0 Å². The van der Waals surface area contributed by atoms with Gasteiger partial charge in [-0.05, 0) is 19.8 Å². The van der Waals surface area contributed by atoms with Gasteiger partial charge in [0, 0.05) is 19.5 Å². The Hall–Kier alpha value is -2.55. The summed E-state index contributed by atoms with van der Waals surface area (Å²) in [6, 6.07) is 0.0974. The molecule has 0 aliphatic heterocycles. The van der Waals surface area contributed by atoms with Crippen LogP contribution < -0.4 is 5.32 Å². The molecule has 1 N–H and O–H groups in total. The van der Waals surface area contributed by atoms with E-state index in [0.717, 1.165) is 25.7 Å². The van der Waals surface area contributed by atoms with Crippen molar-refractivity contribution in [3.05, 3.63) is 34.5 Å². The molecule has 0 saturated heterocycles. The van der Waals surface area contributed by atoms with E-state index >= 15 is 0 Å². The monoisotopic (exact) mass is 332 g/mol. The Morgan fingerprint density at radius 3 is 2.83 bits per heavy atom. The molecule has 3 rings (SSSR count). The van der Waals surface area contributed by atoms with Gasteiger partial charge in [0.15, 0.2) is 0 Å². The van der Waals surface area contributed by atoms with Crippen LogP contribution in [0.25, 0.3) is 5.82 Å². The van der Waals surface area contributed by atoms with E-state index in [1.54, 1.807) is 26.4 Å². The summed E-state index contributed by atoms with van der Waals surface area (Å²) in [4.78, 5) is 23.5. The molecule has 24 heavy (non-hydrogen) atoms. The number of hydrogen-bond donors (Lipinski definition) is 1. The number of aromatic nitrogens is 4. The van der Waals surface area contributed by atoms with Crippen LogP contribution in [0.15, 0.2) is 18.7 Å². The van der Waals surface area contributed by atoms with Crippen LogP contribution in [0, 0.1) is 17.0 Å². The van der Waals surface area contributed by atoms with Gasteiger partial charge in [-0.15, -0.1) is 0 Å². The van der Waals surface area contributed by atoms with Crippen LogP contribution in [-0.2, 0) is 4.74 Å². The van der Waals surface area contributed by atoms with Crippen molar-refractivity contribution in [3.8, 4) is 5.82 Å². The normalized spacial score (nSPS) is 20.8. The zero-order valence-electron chi connectivity index (χ0n) is 13.7. The molecule has 9 heteroatoms. The van der Waals surface area contributed by atoms with Crippen LogP contribution in [0.5, 0.6) is 0 Å². The lowest BCUT2D eigenvalue weighted by Crippen LogP contribution is -2.38. The molecular weight excluding hydrogens is 312 g/mol. The number of methoxy groups -OCH3 is 1. The van der Waals surface area contributed by atoms with E-state index < -0.39 is 4.92 Å². The first-order valence-corrected chi connectivity index (χ1v) is 7.91. The van der Waals surface area contributed by atoms with Crippen LogP contribution in [0.3, 0.4) is 0 Å². The number of imidazole rings is 1. The molecule has 2 heterocycles. The van der Waals surface area contributed by atoms with Crippen molar-refractivity contribution in [2.24, 2.45) is 0 Å². The number of nitro groups is 1. The zero-order valence-corrected chi connectivity index (χ0v) is 13.7. The van der Waals surface area contributed by atoms with Crippen molar-refractivity contribution in [3.63, 3.8) is 0 Å². The van der Waals surface area contributed by atoms with Crippen LogP contribution in [0.4, 0.5) is 11.6 Å². The minimum absolute atomic E-state index is 0.0922. The first kappa shape index (κ1) is 16.3. The predicted molar refractivity (Wildman–Crippen MR) is 87.2 cm³/mol. The minimum Gasteiger partial charge on any atom is -0.379 e. The summed E-state index contributed by atoms with van der Waals surface area (Å²) in [7, 11) is 1.70. The quantitative estimate of drug-likeness (QED) is 0.660.